The third-order valence-electron chi connectivity index (χ3n) is 4.62. The molecule has 0 saturated heterocycles. The summed E-state index contributed by atoms with van der Waals surface area (Å²) in [5.74, 6) is 0.665. The van der Waals surface area contributed by atoms with Crippen molar-refractivity contribution in [2.45, 2.75) is 38.2 Å². The van der Waals surface area contributed by atoms with Gasteiger partial charge >= 0.3 is 0 Å². The number of fused-ring (bicyclic) bond motifs is 2. The molecule has 6 heteroatoms. The highest BCUT2D eigenvalue weighted by molar-refractivity contribution is 7.16. The van der Waals surface area contributed by atoms with Crippen molar-refractivity contribution in [1.29, 1.82) is 0 Å². The Balaban J connectivity index is 1.58. The van der Waals surface area contributed by atoms with Gasteiger partial charge in [-0.25, -0.2) is 4.98 Å². The van der Waals surface area contributed by atoms with Gasteiger partial charge in [0.15, 0.2) is 11.2 Å². The van der Waals surface area contributed by atoms with E-state index in [1.165, 1.54) is 17.7 Å². The number of rotatable bonds is 4. The van der Waals surface area contributed by atoms with Crippen LogP contribution in [-0.2, 0) is 24.1 Å². The molecule has 0 radical (unpaired) electrons. The molecular formula is C19H19ClN2O2S. The number of thiazole rings is 1. The molecular weight excluding hydrogens is 356 g/mol. The minimum absolute atomic E-state index is 0.0710. The first kappa shape index (κ1) is 16.6. The number of nitrogens with zero attached hydrogens (tertiary/aromatic N) is 2. The molecule has 1 atom stereocenters. The summed E-state index contributed by atoms with van der Waals surface area (Å²) in [6.45, 7) is 4.23. The molecule has 4 nitrogen and oxygen atoms in total. The van der Waals surface area contributed by atoms with Gasteiger partial charge in [-0.3, -0.25) is 9.69 Å². The van der Waals surface area contributed by atoms with Gasteiger partial charge in [-0.2, -0.15) is 0 Å². The molecule has 4 rings (SSSR count). The maximum absolute atomic E-state index is 13.1. The molecule has 2 aromatic rings. The lowest BCUT2D eigenvalue weighted by Crippen LogP contribution is -2.41. The van der Waals surface area contributed by atoms with E-state index in [2.05, 4.69) is 6.58 Å². The Kier molecular flexibility index (Phi) is 4.52. The Morgan fingerprint density at radius 3 is 3.08 bits per heavy atom. The highest BCUT2D eigenvalue weighted by Crippen LogP contribution is 2.35. The molecule has 1 aromatic carbocycles. The third kappa shape index (κ3) is 3.18. The predicted octanol–water partition coefficient (Wildman–Crippen LogP) is 4.20. The van der Waals surface area contributed by atoms with Crippen LogP contribution < -0.4 is 9.64 Å². The van der Waals surface area contributed by atoms with Crippen molar-refractivity contribution in [2.75, 3.05) is 11.4 Å². The number of carbonyl (C=O) groups is 1. The van der Waals surface area contributed by atoms with Crippen LogP contribution in [0, 0.1) is 0 Å². The highest BCUT2D eigenvalue weighted by Gasteiger charge is 2.34. The molecule has 0 bridgehead atoms. The zero-order chi connectivity index (χ0) is 17.4. The Morgan fingerprint density at radius 1 is 1.44 bits per heavy atom. The van der Waals surface area contributed by atoms with Crippen LogP contribution in [0.2, 0.25) is 5.02 Å². The third-order valence-corrected chi connectivity index (χ3v) is 6.03. The highest BCUT2D eigenvalue weighted by atomic mass is 35.5. The number of carbonyl (C=O) groups excluding carboxylic acids is 1. The number of halogens is 1. The van der Waals surface area contributed by atoms with Crippen LogP contribution in [0.3, 0.4) is 0 Å². The van der Waals surface area contributed by atoms with Gasteiger partial charge in [0, 0.05) is 22.9 Å². The number of amides is 1. The van der Waals surface area contributed by atoms with Crippen molar-refractivity contribution >= 4 is 34.0 Å². The average molecular weight is 375 g/mol. The lowest BCUT2D eigenvalue weighted by Gasteiger charge is -2.21. The van der Waals surface area contributed by atoms with E-state index in [0.717, 1.165) is 35.0 Å². The number of hydrogen-bond donors (Lipinski definition) is 0. The molecule has 1 aliphatic heterocycles. The average Bonchev–Trinajstić information content (AvgIpc) is 3.22. The fourth-order valence-electron chi connectivity index (χ4n) is 3.37. The van der Waals surface area contributed by atoms with Gasteiger partial charge in [-0.15, -0.1) is 17.9 Å². The summed E-state index contributed by atoms with van der Waals surface area (Å²) >= 11 is 7.67. The smallest absolute Gasteiger partial charge is 0.270 e. The molecule has 1 aromatic heterocycles. The summed E-state index contributed by atoms with van der Waals surface area (Å²) in [5, 5.41) is 1.42. The second-order valence-electron chi connectivity index (χ2n) is 6.37. The van der Waals surface area contributed by atoms with Crippen molar-refractivity contribution < 1.29 is 9.53 Å². The standard InChI is InChI=1S/C19H19ClN2O2S/c1-2-9-22(19-21-14-5-3-4-6-17(14)25-19)18(23)16-11-12-10-13(20)7-8-15(12)24-16/h2,7-8,10,16H,1,3-6,9,11H2/t16-/m1/s1. The molecule has 1 amide bonds. The topological polar surface area (TPSA) is 42.4 Å². The number of aryl methyl sites for hydroxylation is 2. The number of benzene rings is 1. The molecule has 0 spiro atoms. The van der Waals surface area contributed by atoms with E-state index < -0.39 is 6.10 Å². The first-order chi connectivity index (χ1) is 12.2. The molecule has 0 unspecified atom stereocenters. The maximum atomic E-state index is 13.1. The van der Waals surface area contributed by atoms with E-state index in [9.17, 15) is 4.79 Å². The second kappa shape index (κ2) is 6.81. The lowest BCUT2D eigenvalue weighted by molar-refractivity contribution is -0.124. The van der Waals surface area contributed by atoms with Crippen molar-refractivity contribution in [1.82, 2.24) is 4.98 Å². The summed E-state index contributed by atoms with van der Waals surface area (Å²) < 4.78 is 5.87. The van der Waals surface area contributed by atoms with Gasteiger partial charge < -0.3 is 4.74 Å². The zero-order valence-corrected chi connectivity index (χ0v) is 15.4. The summed E-state index contributed by atoms with van der Waals surface area (Å²) in [7, 11) is 0. The Bertz CT molecular complexity index is 809. The van der Waals surface area contributed by atoms with E-state index >= 15 is 0 Å². The summed E-state index contributed by atoms with van der Waals surface area (Å²) in [6, 6.07) is 5.47. The zero-order valence-electron chi connectivity index (χ0n) is 13.8. The van der Waals surface area contributed by atoms with Crippen LogP contribution in [0.5, 0.6) is 5.75 Å². The van der Waals surface area contributed by atoms with Gasteiger partial charge in [-0.1, -0.05) is 17.7 Å². The van der Waals surface area contributed by atoms with Crippen molar-refractivity contribution in [3.05, 3.63) is 52.0 Å². The van der Waals surface area contributed by atoms with Crippen LogP contribution in [-0.4, -0.2) is 23.5 Å². The predicted molar refractivity (Wildman–Crippen MR) is 101 cm³/mol. The summed E-state index contributed by atoms with van der Waals surface area (Å²) in [4.78, 5) is 20.8. The molecule has 130 valence electrons. The number of ether oxygens (including phenoxy) is 1. The first-order valence-corrected chi connectivity index (χ1v) is 9.71. The number of anilines is 1. The summed E-state index contributed by atoms with van der Waals surface area (Å²) in [5.41, 5.74) is 2.12. The minimum atomic E-state index is -0.533. The van der Waals surface area contributed by atoms with Crippen LogP contribution in [0.15, 0.2) is 30.9 Å². The van der Waals surface area contributed by atoms with Crippen molar-refractivity contribution in [2.24, 2.45) is 0 Å². The van der Waals surface area contributed by atoms with E-state index in [1.54, 1.807) is 28.4 Å². The monoisotopic (exact) mass is 374 g/mol. The van der Waals surface area contributed by atoms with Gasteiger partial charge in [0.05, 0.1) is 5.69 Å². The minimum Gasteiger partial charge on any atom is -0.480 e. The molecule has 1 aliphatic carbocycles. The fourth-order valence-corrected chi connectivity index (χ4v) is 4.73. The molecule has 0 fully saturated rings. The van der Waals surface area contributed by atoms with E-state index in [0.29, 0.717) is 18.0 Å². The van der Waals surface area contributed by atoms with Crippen LogP contribution in [0.4, 0.5) is 5.13 Å². The normalized spacial score (nSPS) is 18.2. The largest absolute Gasteiger partial charge is 0.480 e. The fraction of sp³-hybridized carbons (Fsp3) is 0.368. The van der Waals surface area contributed by atoms with Crippen molar-refractivity contribution in [3.8, 4) is 5.75 Å². The van der Waals surface area contributed by atoms with E-state index in [4.69, 9.17) is 21.3 Å². The number of hydrogen-bond acceptors (Lipinski definition) is 4. The SMILES string of the molecule is C=CCN(C(=O)[C@H]1Cc2cc(Cl)ccc2O1)c1nc2c(s1)CCCC2. The lowest BCUT2D eigenvalue weighted by atomic mass is 10.0. The Morgan fingerprint density at radius 2 is 2.28 bits per heavy atom. The van der Waals surface area contributed by atoms with Gasteiger partial charge in [0.25, 0.3) is 5.91 Å². The van der Waals surface area contributed by atoms with Crippen LogP contribution in [0.25, 0.3) is 0 Å². The van der Waals surface area contributed by atoms with Crippen LogP contribution >= 0.6 is 22.9 Å². The quantitative estimate of drug-likeness (QED) is 0.753. The molecule has 25 heavy (non-hydrogen) atoms. The van der Waals surface area contributed by atoms with Crippen LogP contribution in [0.1, 0.15) is 29.0 Å². The second-order valence-corrected chi connectivity index (χ2v) is 7.87. The Hall–Kier alpha value is -1.85. The molecule has 0 N–H and O–H groups in total. The molecule has 2 aliphatic rings. The van der Waals surface area contributed by atoms with Gasteiger partial charge in [-0.05, 0) is 49.4 Å². The Labute approximate surface area is 156 Å². The molecule has 2 heterocycles. The summed E-state index contributed by atoms with van der Waals surface area (Å²) in [6.07, 6.45) is 6.18. The molecule has 0 saturated carbocycles. The van der Waals surface area contributed by atoms with Gasteiger partial charge in [0.2, 0.25) is 0 Å². The van der Waals surface area contributed by atoms with Gasteiger partial charge in [0.1, 0.15) is 5.75 Å². The van der Waals surface area contributed by atoms with E-state index in [-0.39, 0.29) is 5.91 Å². The van der Waals surface area contributed by atoms with E-state index in [1.807, 2.05) is 12.1 Å². The number of aromatic nitrogens is 1. The van der Waals surface area contributed by atoms with Crippen molar-refractivity contribution in [3.63, 3.8) is 0 Å². The maximum Gasteiger partial charge on any atom is 0.270 e. The first-order valence-electron chi connectivity index (χ1n) is 8.51.